The van der Waals surface area contributed by atoms with E-state index in [1.807, 2.05) is 29.2 Å². The number of benzene rings is 2. The van der Waals surface area contributed by atoms with E-state index in [1.165, 1.54) is 4.57 Å². The normalized spacial score (nSPS) is 16.7. The first-order chi connectivity index (χ1) is 15.5. The minimum absolute atomic E-state index is 0.117. The standard InChI is InChI=1S/C24H27N5O3/c25-21-19(14-16-27-15-8-7-13-20(27)22(26)30)23(31)29(18-11-5-2-6-12-18)24(32)28(21)17-9-3-1-4-10-17/h1-6,9-12,20H,7-8,13-16,25H2,(H2,26,30). The number of likely N-dealkylation sites (tertiary alicyclic amines) is 1. The maximum Gasteiger partial charge on any atom is 0.341 e. The Morgan fingerprint density at radius 3 is 2.09 bits per heavy atom. The highest BCUT2D eigenvalue weighted by Gasteiger charge is 2.27. The number of carbonyl (C=O) groups excluding carboxylic acids is 1. The molecule has 32 heavy (non-hydrogen) atoms. The second-order valence-corrected chi connectivity index (χ2v) is 7.99. The third-order valence-corrected chi connectivity index (χ3v) is 6.01. The van der Waals surface area contributed by atoms with E-state index in [0.717, 1.165) is 24.0 Å². The topological polar surface area (TPSA) is 116 Å². The quantitative estimate of drug-likeness (QED) is 0.610. The van der Waals surface area contributed by atoms with Gasteiger partial charge < -0.3 is 11.5 Å². The van der Waals surface area contributed by atoms with Crippen molar-refractivity contribution in [1.29, 1.82) is 0 Å². The summed E-state index contributed by atoms with van der Waals surface area (Å²) in [4.78, 5) is 40.7. The molecule has 8 heteroatoms. The summed E-state index contributed by atoms with van der Waals surface area (Å²) in [6.07, 6.45) is 2.93. The fourth-order valence-corrected chi connectivity index (χ4v) is 4.37. The number of nitrogens with zero attached hydrogens (tertiary/aromatic N) is 3. The van der Waals surface area contributed by atoms with Gasteiger partial charge in [0, 0.05) is 6.54 Å². The van der Waals surface area contributed by atoms with Gasteiger partial charge in [-0.05, 0) is 50.1 Å². The fourth-order valence-electron chi connectivity index (χ4n) is 4.37. The van der Waals surface area contributed by atoms with E-state index in [1.54, 1.807) is 36.4 Å². The lowest BCUT2D eigenvalue weighted by Crippen LogP contribution is -2.49. The van der Waals surface area contributed by atoms with Crippen LogP contribution in [0, 0.1) is 0 Å². The summed E-state index contributed by atoms with van der Waals surface area (Å²) in [6.45, 7) is 1.19. The van der Waals surface area contributed by atoms with Crippen molar-refractivity contribution in [2.24, 2.45) is 5.73 Å². The van der Waals surface area contributed by atoms with Crippen LogP contribution >= 0.6 is 0 Å². The van der Waals surface area contributed by atoms with Gasteiger partial charge in [-0.3, -0.25) is 14.5 Å². The SMILES string of the molecule is NC(=O)C1CCCCN1CCc1c(N)n(-c2ccccc2)c(=O)n(-c2ccccc2)c1=O. The van der Waals surface area contributed by atoms with Crippen molar-refractivity contribution < 1.29 is 4.79 Å². The molecule has 0 bridgehead atoms. The van der Waals surface area contributed by atoms with Crippen molar-refractivity contribution in [3.63, 3.8) is 0 Å². The maximum absolute atomic E-state index is 13.4. The predicted molar refractivity (Wildman–Crippen MR) is 124 cm³/mol. The largest absolute Gasteiger partial charge is 0.384 e. The van der Waals surface area contributed by atoms with Crippen molar-refractivity contribution in [1.82, 2.24) is 14.0 Å². The van der Waals surface area contributed by atoms with Gasteiger partial charge in [-0.25, -0.2) is 13.9 Å². The highest BCUT2D eigenvalue weighted by molar-refractivity contribution is 5.79. The molecule has 166 valence electrons. The molecule has 0 spiro atoms. The molecular weight excluding hydrogens is 406 g/mol. The lowest BCUT2D eigenvalue weighted by molar-refractivity contribution is -0.124. The zero-order valence-corrected chi connectivity index (χ0v) is 17.8. The molecule has 1 aliphatic heterocycles. The van der Waals surface area contributed by atoms with Crippen molar-refractivity contribution in [3.05, 3.63) is 87.1 Å². The molecule has 1 atom stereocenters. The van der Waals surface area contributed by atoms with Crippen LogP contribution in [0.3, 0.4) is 0 Å². The van der Waals surface area contributed by atoms with Crippen molar-refractivity contribution in [2.45, 2.75) is 31.7 Å². The lowest BCUT2D eigenvalue weighted by Gasteiger charge is -2.33. The molecule has 4 rings (SSSR count). The number of carbonyl (C=O) groups is 1. The molecule has 3 aromatic rings. The minimum atomic E-state index is -0.526. The van der Waals surface area contributed by atoms with Gasteiger partial charge in [0.15, 0.2) is 0 Å². The van der Waals surface area contributed by atoms with E-state index in [9.17, 15) is 14.4 Å². The van der Waals surface area contributed by atoms with Crippen molar-refractivity contribution in [2.75, 3.05) is 18.8 Å². The third-order valence-electron chi connectivity index (χ3n) is 6.01. The summed E-state index contributed by atoms with van der Waals surface area (Å²) in [7, 11) is 0. The Morgan fingerprint density at radius 1 is 0.906 bits per heavy atom. The van der Waals surface area contributed by atoms with Crippen LogP contribution < -0.4 is 22.7 Å². The summed E-state index contributed by atoms with van der Waals surface area (Å²) >= 11 is 0. The molecule has 2 heterocycles. The second-order valence-electron chi connectivity index (χ2n) is 7.99. The fraction of sp³-hybridized carbons (Fsp3) is 0.292. The van der Waals surface area contributed by atoms with Crippen LogP contribution in [-0.4, -0.2) is 39.1 Å². The maximum atomic E-state index is 13.4. The Balaban J connectivity index is 1.82. The Bertz CT molecular complexity index is 1220. The van der Waals surface area contributed by atoms with Crippen LogP contribution in [0.25, 0.3) is 11.4 Å². The number of amides is 1. The highest BCUT2D eigenvalue weighted by atomic mass is 16.2. The van der Waals surface area contributed by atoms with E-state index in [0.29, 0.717) is 36.3 Å². The van der Waals surface area contributed by atoms with Gasteiger partial charge in [0.05, 0.1) is 23.0 Å². The van der Waals surface area contributed by atoms with E-state index < -0.39 is 11.2 Å². The Morgan fingerprint density at radius 2 is 1.50 bits per heavy atom. The first kappa shape index (κ1) is 21.6. The van der Waals surface area contributed by atoms with E-state index in [4.69, 9.17) is 11.5 Å². The molecule has 0 radical (unpaired) electrons. The molecule has 2 aromatic carbocycles. The van der Waals surface area contributed by atoms with Gasteiger partial charge in [-0.1, -0.05) is 42.8 Å². The molecule has 1 fully saturated rings. The van der Waals surface area contributed by atoms with Gasteiger partial charge >= 0.3 is 5.69 Å². The molecule has 0 aliphatic carbocycles. The summed E-state index contributed by atoms with van der Waals surface area (Å²) in [5, 5.41) is 0. The van der Waals surface area contributed by atoms with Crippen LogP contribution in [0.5, 0.6) is 0 Å². The molecule has 1 aromatic heterocycles. The number of hydrogen-bond donors (Lipinski definition) is 2. The van der Waals surface area contributed by atoms with Crippen LogP contribution in [-0.2, 0) is 11.2 Å². The predicted octanol–water partition coefficient (Wildman–Crippen LogP) is 1.45. The summed E-state index contributed by atoms with van der Waals surface area (Å²) in [5.74, 6) is -0.236. The van der Waals surface area contributed by atoms with Crippen LogP contribution in [0.15, 0.2) is 70.3 Å². The number of anilines is 1. The summed E-state index contributed by atoms with van der Waals surface area (Å²) < 4.78 is 2.52. The number of rotatable bonds is 6. The molecule has 1 saturated heterocycles. The minimum Gasteiger partial charge on any atom is -0.384 e. The van der Waals surface area contributed by atoms with E-state index >= 15 is 0 Å². The Labute approximate surface area is 185 Å². The van der Waals surface area contributed by atoms with Crippen LogP contribution in [0.2, 0.25) is 0 Å². The van der Waals surface area contributed by atoms with E-state index in [2.05, 4.69) is 0 Å². The van der Waals surface area contributed by atoms with Gasteiger partial charge in [0.1, 0.15) is 5.82 Å². The molecule has 1 unspecified atom stereocenters. The number of hydrogen-bond acceptors (Lipinski definition) is 5. The molecular formula is C24H27N5O3. The van der Waals surface area contributed by atoms with Crippen molar-refractivity contribution in [3.8, 4) is 11.4 Å². The van der Waals surface area contributed by atoms with Gasteiger partial charge in [0.25, 0.3) is 5.56 Å². The average Bonchev–Trinajstić information content (AvgIpc) is 2.80. The Kier molecular flexibility index (Phi) is 6.23. The molecule has 0 saturated carbocycles. The molecule has 8 nitrogen and oxygen atoms in total. The second kappa shape index (κ2) is 9.23. The number of para-hydroxylation sites is 2. The molecule has 4 N–H and O–H groups in total. The molecule has 1 aliphatic rings. The van der Waals surface area contributed by atoms with Crippen LogP contribution in [0.1, 0.15) is 24.8 Å². The smallest absolute Gasteiger partial charge is 0.341 e. The monoisotopic (exact) mass is 433 g/mol. The third kappa shape index (κ3) is 4.09. The number of aromatic nitrogens is 2. The first-order valence-corrected chi connectivity index (χ1v) is 10.8. The van der Waals surface area contributed by atoms with Gasteiger partial charge in [0.2, 0.25) is 5.91 Å². The number of nitrogen functional groups attached to an aromatic ring is 1. The number of nitrogens with two attached hydrogens (primary N) is 2. The van der Waals surface area contributed by atoms with Crippen molar-refractivity contribution >= 4 is 11.7 Å². The van der Waals surface area contributed by atoms with Gasteiger partial charge in [-0.2, -0.15) is 0 Å². The lowest BCUT2D eigenvalue weighted by atomic mass is 10.0. The summed E-state index contributed by atoms with van der Waals surface area (Å²) in [6, 6.07) is 17.5. The van der Waals surface area contributed by atoms with E-state index in [-0.39, 0.29) is 17.8 Å². The zero-order chi connectivity index (χ0) is 22.7. The zero-order valence-electron chi connectivity index (χ0n) is 17.8. The highest BCUT2D eigenvalue weighted by Crippen LogP contribution is 2.19. The molecule has 1 amide bonds. The summed E-state index contributed by atoms with van der Waals surface area (Å²) in [5.41, 5.74) is 12.4. The van der Waals surface area contributed by atoms with Gasteiger partial charge in [-0.15, -0.1) is 0 Å². The number of piperidine rings is 1. The number of primary amides is 1. The average molecular weight is 434 g/mol. The first-order valence-electron chi connectivity index (χ1n) is 10.8. The van der Waals surface area contributed by atoms with Crippen LogP contribution in [0.4, 0.5) is 5.82 Å². The Hall–Kier alpha value is -3.65.